The Hall–Kier alpha value is -0.490. The van der Waals surface area contributed by atoms with Crippen molar-refractivity contribution in [2.45, 2.75) is 77.9 Å². The van der Waals surface area contributed by atoms with Gasteiger partial charge in [0, 0.05) is 4.92 Å². The second-order valence-corrected chi connectivity index (χ2v) is 7.99. The Kier molecular flexibility index (Phi) is 8.63. The molecule has 0 heterocycles. The maximum atomic E-state index is 13.0. The molecule has 1 atom stereocenters. The minimum Gasteiger partial charge on any atom is -0.372 e. The lowest BCUT2D eigenvalue weighted by Gasteiger charge is -2.34. The molecule has 0 saturated heterocycles. The quantitative estimate of drug-likeness (QED) is 0.270. The Morgan fingerprint density at radius 1 is 1.19 bits per heavy atom. The summed E-state index contributed by atoms with van der Waals surface area (Å²) in [6, 6.07) is 0. The number of hydrogen-bond acceptors (Lipinski definition) is 6. The van der Waals surface area contributed by atoms with Gasteiger partial charge in [-0.05, 0) is 40.5 Å². The van der Waals surface area contributed by atoms with Crippen molar-refractivity contribution < 1.29 is 23.6 Å². The van der Waals surface area contributed by atoms with E-state index in [2.05, 4.69) is 0 Å². The fourth-order valence-corrected chi connectivity index (χ4v) is 4.22. The fourth-order valence-electron chi connectivity index (χ4n) is 1.94. The average molecular weight is 325 g/mol. The SMILES string of the molecule is CCCCC[C@](O)(C[N+](=O)[O-])P(=O)(OC(C)C)OC(C)C. The minimum absolute atomic E-state index is 0.0124. The lowest BCUT2D eigenvalue weighted by molar-refractivity contribution is -0.495. The highest BCUT2D eigenvalue weighted by atomic mass is 31.2. The number of nitrogens with zero attached hydrogens (tertiary/aromatic N) is 1. The molecule has 0 bridgehead atoms. The lowest BCUT2D eigenvalue weighted by atomic mass is 10.1. The molecule has 0 unspecified atom stereocenters. The van der Waals surface area contributed by atoms with Crippen LogP contribution >= 0.6 is 7.60 Å². The molecule has 0 spiro atoms. The summed E-state index contributed by atoms with van der Waals surface area (Å²) in [7, 11) is -4.03. The Morgan fingerprint density at radius 3 is 2.00 bits per heavy atom. The van der Waals surface area contributed by atoms with Crippen LogP contribution in [0, 0.1) is 10.1 Å². The monoisotopic (exact) mass is 325 g/mol. The highest BCUT2D eigenvalue weighted by Crippen LogP contribution is 2.62. The molecular formula is C13H28NO6P. The Labute approximate surface area is 126 Å². The summed E-state index contributed by atoms with van der Waals surface area (Å²) in [5, 5.41) is 19.5. The van der Waals surface area contributed by atoms with E-state index in [9.17, 15) is 19.8 Å². The van der Waals surface area contributed by atoms with Gasteiger partial charge in [0.1, 0.15) is 0 Å². The van der Waals surface area contributed by atoms with Crippen molar-refractivity contribution in [3.05, 3.63) is 10.1 Å². The van der Waals surface area contributed by atoms with Gasteiger partial charge >= 0.3 is 7.60 Å². The summed E-state index contributed by atoms with van der Waals surface area (Å²) in [6.45, 7) is 7.71. The molecular weight excluding hydrogens is 297 g/mol. The second-order valence-electron chi connectivity index (χ2n) is 5.74. The van der Waals surface area contributed by atoms with Gasteiger partial charge in [0.15, 0.2) is 0 Å². The number of rotatable bonds is 11. The van der Waals surface area contributed by atoms with Gasteiger partial charge in [-0.25, -0.2) is 0 Å². The highest BCUT2D eigenvalue weighted by molar-refractivity contribution is 7.55. The van der Waals surface area contributed by atoms with E-state index in [0.717, 1.165) is 12.8 Å². The summed E-state index contributed by atoms with van der Waals surface area (Å²) in [4.78, 5) is 10.2. The van der Waals surface area contributed by atoms with E-state index in [1.807, 2.05) is 6.92 Å². The Balaban J connectivity index is 5.43. The van der Waals surface area contributed by atoms with Crippen molar-refractivity contribution in [2.75, 3.05) is 6.54 Å². The Morgan fingerprint density at radius 2 is 1.67 bits per heavy atom. The predicted molar refractivity (Wildman–Crippen MR) is 81.0 cm³/mol. The molecule has 0 amide bonds. The van der Waals surface area contributed by atoms with Gasteiger partial charge in [0.25, 0.3) is 0 Å². The van der Waals surface area contributed by atoms with E-state index in [4.69, 9.17) is 9.05 Å². The molecule has 7 nitrogen and oxygen atoms in total. The van der Waals surface area contributed by atoms with E-state index in [1.165, 1.54) is 0 Å². The van der Waals surface area contributed by atoms with E-state index >= 15 is 0 Å². The van der Waals surface area contributed by atoms with Gasteiger partial charge < -0.3 is 14.2 Å². The third-order valence-electron chi connectivity index (χ3n) is 2.77. The van der Waals surface area contributed by atoms with Crippen molar-refractivity contribution >= 4 is 7.60 Å². The van der Waals surface area contributed by atoms with Crippen molar-refractivity contribution in [2.24, 2.45) is 0 Å². The molecule has 1 N–H and O–H groups in total. The van der Waals surface area contributed by atoms with Gasteiger partial charge in [0.2, 0.25) is 11.9 Å². The summed E-state index contributed by atoms with van der Waals surface area (Å²) < 4.78 is 23.6. The predicted octanol–water partition coefficient (Wildman–Crippen LogP) is 3.58. The average Bonchev–Trinajstić information content (AvgIpc) is 2.25. The second kappa shape index (κ2) is 8.83. The van der Waals surface area contributed by atoms with Gasteiger partial charge in [-0.2, -0.15) is 0 Å². The van der Waals surface area contributed by atoms with Crippen LogP contribution in [-0.2, 0) is 13.6 Å². The molecule has 0 rings (SSSR count). The molecule has 21 heavy (non-hydrogen) atoms. The number of nitro groups is 1. The van der Waals surface area contributed by atoms with Crippen molar-refractivity contribution in [1.82, 2.24) is 0 Å². The zero-order chi connectivity index (χ0) is 16.7. The van der Waals surface area contributed by atoms with Crippen LogP contribution in [0.25, 0.3) is 0 Å². The van der Waals surface area contributed by atoms with Crippen LogP contribution in [-0.4, -0.2) is 34.1 Å². The molecule has 0 aromatic carbocycles. The molecule has 0 aliphatic rings. The van der Waals surface area contributed by atoms with Crippen LogP contribution in [0.4, 0.5) is 0 Å². The summed E-state index contributed by atoms with van der Waals surface area (Å²) in [5.41, 5.74) is 0. The number of hydrogen-bond donors (Lipinski definition) is 1. The van der Waals surface area contributed by atoms with Crippen molar-refractivity contribution in [3.8, 4) is 0 Å². The first-order valence-corrected chi connectivity index (χ1v) is 8.91. The molecule has 0 radical (unpaired) electrons. The maximum absolute atomic E-state index is 13.0. The summed E-state index contributed by atoms with van der Waals surface area (Å²) in [6.07, 6.45) is 1.25. The summed E-state index contributed by atoms with van der Waals surface area (Å²) in [5.74, 6) is 0. The third kappa shape index (κ3) is 6.87. The normalized spacial score (nSPS) is 15.4. The molecule has 0 aliphatic heterocycles. The first kappa shape index (κ1) is 20.5. The highest BCUT2D eigenvalue weighted by Gasteiger charge is 2.54. The van der Waals surface area contributed by atoms with E-state index in [0.29, 0.717) is 6.42 Å². The number of unbranched alkanes of at least 4 members (excludes halogenated alkanes) is 2. The van der Waals surface area contributed by atoms with Crippen LogP contribution in [0.2, 0.25) is 0 Å². The summed E-state index contributed by atoms with van der Waals surface area (Å²) >= 11 is 0. The first-order chi connectivity index (χ1) is 9.56. The van der Waals surface area contributed by atoms with Crippen molar-refractivity contribution in [1.29, 1.82) is 0 Å². The minimum atomic E-state index is -4.03. The zero-order valence-electron chi connectivity index (χ0n) is 13.6. The van der Waals surface area contributed by atoms with Gasteiger partial charge in [-0.3, -0.25) is 14.7 Å². The van der Waals surface area contributed by atoms with Gasteiger partial charge in [-0.1, -0.05) is 19.8 Å². The van der Waals surface area contributed by atoms with Gasteiger partial charge in [-0.15, -0.1) is 0 Å². The molecule has 0 fully saturated rings. The third-order valence-corrected chi connectivity index (χ3v) is 5.55. The standard InChI is InChI=1S/C13H28NO6P/c1-6-7-8-9-13(15,10-14(16)17)21(18,19-11(2)3)20-12(4)5/h11-12,15H,6-10H2,1-5H3/t13-/m1/s1. The Bertz CT molecular complexity index is 360. The lowest BCUT2D eigenvalue weighted by Crippen LogP contribution is -2.39. The molecule has 0 saturated carbocycles. The zero-order valence-corrected chi connectivity index (χ0v) is 14.5. The number of aliphatic hydroxyl groups is 1. The van der Waals surface area contributed by atoms with E-state index < -0.39 is 36.6 Å². The van der Waals surface area contributed by atoms with Crippen LogP contribution in [0.5, 0.6) is 0 Å². The smallest absolute Gasteiger partial charge is 0.369 e. The molecule has 8 heteroatoms. The maximum Gasteiger partial charge on any atom is 0.369 e. The first-order valence-electron chi connectivity index (χ1n) is 7.37. The largest absolute Gasteiger partial charge is 0.372 e. The van der Waals surface area contributed by atoms with Crippen LogP contribution in [0.15, 0.2) is 0 Å². The molecule has 0 aliphatic carbocycles. The van der Waals surface area contributed by atoms with E-state index in [-0.39, 0.29) is 6.42 Å². The fraction of sp³-hybridized carbons (Fsp3) is 1.00. The van der Waals surface area contributed by atoms with Crippen molar-refractivity contribution in [3.63, 3.8) is 0 Å². The molecule has 0 aromatic rings. The van der Waals surface area contributed by atoms with Gasteiger partial charge in [0.05, 0.1) is 12.2 Å². The van der Waals surface area contributed by atoms with E-state index in [1.54, 1.807) is 27.7 Å². The van der Waals surface area contributed by atoms with Crippen LogP contribution < -0.4 is 0 Å². The molecule has 0 aromatic heterocycles. The topological polar surface area (TPSA) is 98.9 Å². The van der Waals surface area contributed by atoms with Crippen LogP contribution in [0.1, 0.15) is 60.3 Å². The molecule has 126 valence electrons. The van der Waals surface area contributed by atoms with Crippen LogP contribution in [0.3, 0.4) is 0 Å².